The smallest absolute Gasteiger partial charge is 0.389 e. The number of halogens is 3. The number of nitrogens with zero attached hydrogens (tertiary/aromatic N) is 1. The third kappa shape index (κ3) is 3.45. The third-order valence-corrected chi connectivity index (χ3v) is 2.89. The summed E-state index contributed by atoms with van der Waals surface area (Å²) in [4.78, 5) is 0.251. The van der Waals surface area contributed by atoms with Crippen molar-refractivity contribution in [3.05, 3.63) is 36.0 Å². The number of nitrogens with two attached hydrogens (primary N) is 1. The molecule has 0 amide bonds. The van der Waals surface area contributed by atoms with Crippen LogP contribution in [0.25, 0.3) is 10.9 Å². The van der Waals surface area contributed by atoms with Crippen molar-refractivity contribution < 1.29 is 17.9 Å². The van der Waals surface area contributed by atoms with Gasteiger partial charge in [-0.3, -0.25) is 4.74 Å². The van der Waals surface area contributed by atoms with Crippen molar-refractivity contribution in [2.45, 2.75) is 12.9 Å². The van der Waals surface area contributed by atoms with Gasteiger partial charge in [0.05, 0.1) is 6.61 Å². The Kier molecular flexibility index (Phi) is 3.77. The lowest BCUT2D eigenvalue weighted by atomic mass is 10.1. The summed E-state index contributed by atoms with van der Waals surface area (Å²) < 4.78 is 41.1. The van der Waals surface area contributed by atoms with Crippen molar-refractivity contribution in [2.24, 2.45) is 5.73 Å². The van der Waals surface area contributed by atoms with Crippen LogP contribution in [0, 0.1) is 0 Å². The van der Waals surface area contributed by atoms with Crippen LogP contribution in [0.15, 0.2) is 30.5 Å². The van der Waals surface area contributed by atoms with E-state index in [-0.39, 0.29) is 11.5 Å². The fourth-order valence-corrected chi connectivity index (χ4v) is 1.92. The predicted octanol–water partition coefficient (Wildman–Crippen LogP) is 2.81. The van der Waals surface area contributed by atoms with Gasteiger partial charge in [-0.25, -0.2) is 0 Å². The lowest BCUT2D eigenvalue weighted by Crippen LogP contribution is -2.17. The second kappa shape index (κ2) is 5.18. The standard InChI is InChI=1S/C12H11F3N2OS/c13-12(14,15)18-6-5-17-4-3-8-1-2-9(11(16)19)7-10(8)17/h1-4,7H,5-6H2,(H2,16,19). The van der Waals surface area contributed by atoms with Gasteiger partial charge in [-0.2, -0.15) is 0 Å². The van der Waals surface area contributed by atoms with Crippen molar-refractivity contribution >= 4 is 28.1 Å². The molecule has 1 heterocycles. The molecule has 0 aliphatic heterocycles. The minimum atomic E-state index is -4.60. The van der Waals surface area contributed by atoms with E-state index in [4.69, 9.17) is 18.0 Å². The van der Waals surface area contributed by atoms with E-state index in [1.807, 2.05) is 12.1 Å². The van der Waals surface area contributed by atoms with E-state index in [2.05, 4.69) is 4.74 Å². The van der Waals surface area contributed by atoms with Crippen LogP contribution in [0.5, 0.6) is 0 Å². The average molecular weight is 288 g/mol. The first kappa shape index (κ1) is 13.8. The zero-order valence-corrected chi connectivity index (χ0v) is 10.6. The average Bonchev–Trinajstić information content (AvgIpc) is 2.70. The van der Waals surface area contributed by atoms with Crippen molar-refractivity contribution in [1.29, 1.82) is 0 Å². The zero-order chi connectivity index (χ0) is 14.0. The highest BCUT2D eigenvalue weighted by Crippen LogP contribution is 2.19. The highest BCUT2D eigenvalue weighted by atomic mass is 32.1. The van der Waals surface area contributed by atoms with Crippen molar-refractivity contribution in [1.82, 2.24) is 4.57 Å². The van der Waals surface area contributed by atoms with Crippen molar-refractivity contribution in [2.75, 3.05) is 6.61 Å². The van der Waals surface area contributed by atoms with E-state index in [0.717, 1.165) is 10.9 Å². The molecule has 0 aliphatic rings. The summed E-state index contributed by atoms with van der Waals surface area (Å²) in [7, 11) is 0. The Bertz CT molecular complexity index is 607. The number of aromatic nitrogens is 1. The molecule has 1 aromatic carbocycles. The van der Waals surface area contributed by atoms with Gasteiger partial charge in [0.1, 0.15) is 4.99 Å². The van der Waals surface area contributed by atoms with Gasteiger partial charge in [0.25, 0.3) is 0 Å². The first-order valence-electron chi connectivity index (χ1n) is 5.46. The van der Waals surface area contributed by atoms with Gasteiger partial charge in [-0.05, 0) is 17.5 Å². The van der Waals surface area contributed by atoms with Crippen LogP contribution in [0.1, 0.15) is 5.56 Å². The minimum absolute atomic E-state index is 0.101. The molecular weight excluding hydrogens is 277 g/mol. The molecule has 3 nitrogen and oxygen atoms in total. The fourth-order valence-electron chi connectivity index (χ4n) is 1.79. The SMILES string of the molecule is NC(=S)c1ccc2ccn(CCOC(F)(F)F)c2c1. The number of fused-ring (bicyclic) bond motifs is 1. The Hall–Kier alpha value is -1.60. The summed E-state index contributed by atoms with van der Waals surface area (Å²) in [5.74, 6) is 0. The molecular formula is C12H11F3N2OS. The minimum Gasteiger partial charge on any atom is -0.389 e. The van der Waals surface area contributed by atoms with Gasteiger partial charge in [0, 0.05) is 23.8 Å². The van der Waals surface area contributed by atoms with Crippen LogP contribution in [0.4, 0.5) is 13.2 Å². The molecule has 0 unspecified atom stereocenters. The summed E-state index contributed by atoms with van der Waals surface area (Å²) in [5.41, 5.74) is 6.98. The largest absolute Gasteiger partial charge is 0.522 e. The molecule has 0 fully saturated rings. The Labute approximate surface area is 112 Å². The van der Waals surface area contributed by atoms with E-state index in [0.29, 0.717) is 5.56 Å². The quantitative estimate of drug-likeness (QED) is 0.879. The Balaban J connectivity index is 2.19. The molecule has 0 bridgehead atoms. The lowest BCUT2D eigenvalue weighted by Gasteiger charge is -2.09. The van der Waals surface area contributed by atoms with Crippen LogP contribution < -0.4 is 5.73 Å². The van der Waals surface area contributed by atoms with E-state index in [1.54, 1.807) is 22.9 Å². The molecule has 19 heavy (non-hydrogen) atoms. The third-order valence-electron chi connectivity index (χ3n) is 2.66. The number of thiocarbonyl (C=S) groups is 1. The normalized spacial score (nSPS) is 11.9. The molecule has 0 saturated carbocycles. The Morgan fingerprint density at radius 1 is 1.32 bits per heavy atom. The number of rotatable bonds is 4. The maximum absolute atomic E-state index is 11.9. The molecule has 1 aromatic heterocycles. The lowest BCUT2D eigenvalue weighted by molar-refractivity contribution is -0.325. The van der Waals surface area contributed by atoms with Crippen LogP contribution in [0.2, 0.25) is 0 Å². The van der Waals surface area contributed by atoms with Crippen molar-refractivity contribution in [3.63, 3.8) is 0 Å². The topological polar surface area (TPSA) is 40.2 Å². The van der Waals surface area contributed by atoms with E-state index >= 15 is 0 Å². The van der Waals surface area contributed by atoms with Gasteiger partial charge < -0.3 is 10.3 Å². The van der Waals surface area contributed by atoms with Gasteiger partial charge in [0.2, 0.25) is 0 Å². The summed E-state index contributed by atoms with van der Waals surface area (Å²) in [6, 6.07) is 7.17. The monoisotopic (exact) mass is 288 g/mol. The molecule has 0 aliphatic carbocycles. The Morgan fingerprint density at radius 2 is 2.05 bits per heavy atom. The molecule has 102 valence electrons. The van der Waals surface area contributed by atoms with Crippen molar-refractivity contribution in [3.8, 4) is 0 Å². The molecule has 0 spiro atoms. The number of hydrogen-bond acceptors (Lipinski definition) is 2. The van der Waals surface area contributed by atoms with Gasteiger partial charge >= 0.3 is 6.36 Å². The number of benzene rings is 1. The second-order valence-electron chi connectivity index (χ2n) is 3.94. The van der Waals surface area contributed by atoms with Crippen LogP contribution in [-0.2, 0) is 11.3 Å². The number of hydrogen-bond donors (Lipinski definition) is 1. The summed E-state index contributed by atoms with van der Waals surface area (Å²) >= 11 is 4.87. The molecule has 7 heteroatoms. The maximum atomic E-state index is 11.9. The summed E-state index contributed by atoms with van der Waals surface area (Å²) in [5, 5.41) is 0.909. The van der Waals surface area contributed by atoms with E-state index < -0.39 is 13.0 Å². The van der Waals surface area contributed by atoms with Crippen LogP contribution >= 0.6 is 12.2 Å². The summed E-state index contributed by atoms with van der Waals surface area (Å²) in [6.07, 6.45) is -2.90. The van der Waals surface area contributed by atoms with Gasteiger partial charge in [-0.15, -0.1) is 13.2 Å². The summed E-state index contributed by atoms with van der Waals surface area (Å²) in [6.45, 7) is -0.339. The first-order valence-corrected chi connectivity index (χ1v) is 5.87. The van der Waals surface area contributed by atoms with Gasteiger partial charge in [0.15, 0.2) is 0 Å². The maximum Gasteiger partial charge on any atom is 0.522 e. The number of ether oxygens (including phenoxy) is 1. The Morgan fingerprint density at radius 3 is 2.68 bits per heavy atom. The predicted molar refractivity (Wildman–Crippen MR) is 69.8 cm³/mol. The second-order valence-corrected chi connectivity index (χ2v) is 4.38. The van der Waals surface area contributed by atoms with Crippen LogP contribution in [0.3, 0.4) is 0 Å². The van der Waals surface area contributed by atoms with Crippen LogP contribution in [-0.4, -0.2) is 22.5 Å². The highest BCUT2D eigenvalue weighted by Gasteiger charge is 2.28. The highest BCUT2D eigenvalue weighted by molar-refractivity contribution is 7.80. The molecule has 0 saturated heterocycles. The molecule has 0 radical (unpaired) electrons. The van der Waals surface area contributed by atoms with E-state index in [9.17, 15) is 13.2 Å². The van der Waals surface area contributed by atoms with E-state index in [1.165, 1.54) is 0 Å². The zero-order valence-electron chi connectivity index (χ0n) is 9.78. The first-order chi connectivity index (χ1) is 8.87. The molecule has 2 aromatic rings. The molecule has 2 N–H and O–H groups in total. The number of alkyl halides is 3. The van der Waals surface area contributed by atoms with Gasteiger partial charge in [-0.1, -0.05) is 24.4 Å². The molecule has 0 atom stereocenters. The molecule has 2 rings (SSSR count). The fraction of sp³-hybridized carbons (Fsp3) is 0.250.